The van der Waals surface area contributed by atoms with E-state index in [0.29, 0.717) is 0 Å². The van der Waals surface area contributed by atoms with E-state index in [0.717, 1.165) is 12.7 Å². The zero-order valence-electron chi connectivity index (χ0n) is 21.7. The molecule has 6 N–H and O–H groups in total. The molecular weight excluding hydrogens is 590 g/mol. The number of aromatic amines is 2. The number of H-pyrrole nitrogens is 2. The van der Waals surface area contributed by atoms with Gasteiger partial charge in [0, 0.05) is 0 Å². The molecule has 4 aromatic rings. The van der Waals surface area contributed by atoms with E-state index in [9.17, 15) is 49.8 Å². The molecule has 2 saturated heterocycles. The van der Waals surface area contributed by atoms with Gasteiger partial charge in [0.05, 0.1) is 37.2 Å². The minimum absolute atomic E-state index is 0. The molecule has 0 aliphatic carbocycles. The third-order valence-corrected chi connectivity index (χ3v) is 6.22. The zero-order valence-corrected chi connectivity index (χ0v) is 25.7. The van der Waals surface area contributed by atoms with Crippen LogP contribution in [0.2, 0.25) is 0 Å². The first-order valence-electron chi connectivity index (χ1n) is 11.3. The minimum atomic E-state index is -1.67. The Labute approximate surface area is 275 Å². The second-order valence-electron chi connectivity index (χ2n) is 8.61. The van der Waals surface area contributed by atoms with Gasteiger partial charge in [0.15, 0.2) is 34.8 Å². The number of fused-ring (bicyclic) bond motifs is 2. The Bertz CT molecular complexity index is 1580. The van der Waals surface area contributed by atoms with Gasteiger partial charge >= 0.3 is 59.1 Å². The van der Waals surface area contributed by atoms with Gasteiger partial charge in [-0.1, -0.05) is 0 Å². The predicted molar refractivity (Wildman–Crippen MR) is 118 cm³/mol. The molecule has 6 heterocycles. The van der Waals surface area contributed by atoms with Gasteiger partial charge in [0.1, 0.15) is 36.6 Å². The normalized spacial score (nSPS) is 28.5. The Morgan fingerprint density at radius 1 is 0.690 bits per heavy atom. The molecule has 0 spiro atoms. The van der Waals surface area contributed by atoms with Gasteiger partial charge in [-0.2, -0.15) is 0 Å². The average molecular weight is 608 g/mol. The van der Waals surface area contributed by atoms with Crippen molar-refractivity contribution in [1.29, 1.82) is 0 Å². The summed E-state index contributed by atoms with van der Waals surface area (Å²) in [6, 6.07) is 0. The van der Waals surface area contributed by atoms with E-state index in [1.54, 1.807) is 0 Å². The first kappa shape index (κ1) is 33.9. The van der Waals surface area contributed by atoms with Crippen molar-refractivity contribution in [2.45, 2.75) is 49.1 Å². The smallest absolute Gasteiger partial charge is 0.547 e. The van der Waals surface area contributed by atoms with Crippen LogP contribution in [0.1, 0.15) is 12.5 Å². The van der Waals surface area contributed by atoms with E-state index < -0.39 is 72.1 Å². The number of carboxylic acid groups (broad SMARTS) is 2. The van der Waals surface area contributed by atoms with Gasteiger partial charge in [-0.15, -0.1) is 0 Å². The summed E-state index contributed by atoms with van der Waals surface area (Å²) in [6.07, 6.45) is -7.52. The van der Waals surface area contributed by atoms with E-state index in [1.165, 1.54) is 21.8 Å². The number of nitrogens with one attached hydrogen (secondary N) is 2. The molecule has 0 radical (unpaired) electrons. The third kappa shape index (κ3) is 5.93. The summed E-state index contributed by atoms with van der Waals surface area (Å²) in [6.45, 7) is 0. The number of carbonyl (C=O) groups excluding carboxylic acids is 2. The third-order valence-electron chi connectivity index (χ3n) is 6.22. The van der Waals surface area contributed by atoms with Gasteiger partial charge in [0.2, 0.25) is 0 Å². The summed E-state index contributed by atoms with van der Waals surface area (Å²) < 4.78 is 12.5. The van der Waals surface area contributed by atoms with Crippen molar-refractivity contribution in [3.8, 4) is 0 Å². The van der Waals surface area contributed by atoms with Gasteiger partial charge in [-0.3, -0.25) is 18.7 Å². The summed E-state index contributed by atoms with van der Waals surface area (Å²) in [7, 11) is 0. The second kappa shape index (κ2) is 13.4. The summed E-state index contributed by atoms with van der Waals surface area (Å²) in [5, 5.41) is 60.5. The van der Waals surface area contributed by atoms with Gasteiger partial charge in [0.25, 0.3) is 11.1 Å². The van der Waals surface area contributed by atoms with E-state index in [1.807, 2.05) is 0 Å². The topological polar surface area (TPSA) is 307 Å². The summed E-state index contributed by atoms with van der Waals surface area (Å²) in [5.41, 5.74) is -0.756. The Morgan fingerprint density at radius 2 is 1.05 bits per heavy atom. The zero-order chi connectivity index (χ0) is 28.9. The standard InChI is InChI=1S/2C10H10N4O6.2Na/c2*15-4-5(16)9(20-6(4)10(18)19)14-2-13-3-7(14)11-1-12-8(3)17;;/h2*1-2,4-6,9,15-16H,(H,18,19)(H,11,12,17);;/q;;2*+1/p-2/t2*4-,5+,6-,9+;;/m00../s1. The van der Waals surface area contributed by atoms with Crippen molar-refractivity contribution >= 4 is 34.3 Å². The first-order chi connectivity index (χ1) is 19.0. The molecule has 8 atom stereocenters. The molecule has 0 unspecified atom stereocenters. The second-order valence-corrected chi connectivity index (χ2v) is 8.61. The van der Waals surface area contributed by atoms with Crippen LogP contribution in [0, 0.1) is 0 Å². The van der Waals surface area contributed by atoms with Gasteiger partial charge in [-0.05, 0) is 0 Å². The molecule has 2 fully saturated rings. The molecule has 4 aromatic heterocycles. The van der Waals surface area contributed by atoms with E-state index in [-0.39, 0.29) is 81.4 Å². The van der Waals surface area contributed by atoms with Crippen molar-refractivity contribution in [1.82, 2.24) is 39.0 Å². The first-order valence-corrected chi connectivity index (χ1v) is 11.3. The number of carbonyl (C=O) groups is 2. The molecule has 6 rings (SSSR count). The summed E-state index contributed by atoms with van der Waals surface area (Å²) >= 11 is 0. The fraction of sp³-hybridized carbons (Fsp3) is 0.400. The molecule has 0 amide bonds. The molecule has 42 heavy (non-hydrogen) atoms. The van der Waals surface area contributed by atoms with Gasteiger partial charge in [-0.25, -0.2) is 19.9 Å². The number of carboxylic acids is 2. The molecule has 2 aliphatic rings. The SMILES string of the molecule is O=C([O-])[C@H]1O[C@@H](n2cnc3c(=O)[nH]cnc32)[C@H](O)[C@@H]1O.O=C([O-])[C@H]1O[C@@H](n2cnc3c(=O)[nH]cnc32)[C@H](O)[C@@H]1O.[Na+].[Na+]. The largest absolute Gasteiger partial charge is 1.00 e. The van der Waals surface area contributed by atoms with Crippen LogP contribution in [-0.2, 0) is 19.1 Å². The number of hydrogen-bond donors (Lipinski definition) is 6. The monoisotopic (exact) mass is 608 g/mol. The van der Waals surface area contributed by atoms with Crippen LogP contribution in [-0.4, -0.2) is 108 Å². The number of aliphatic carboxylic acids is 2. The maximum absolute atomic E-state index is 11.5. The van der Waals surface area contributed by atoms with Crippen LogP contribution in [0.25, 0.3) is 22.3 Å². The number of imidazole rings is 2. The van der Waals surface area contributed by atoms with Crippen LogP contribution < -0.4 is 80.4 Å². The Morgan fingerprint density at radius 3 is 1.36 bits per heavy atom. The molecule has 0 aromatic carbocycles. The number of ether oxygens (including phenoxy) is 2. The Hall–Kier alpha value is -2.60. The van der Waals surface area contributed by atoms with Crippen LogP contribution >= 0.6 is 0 Å². The number of aliphatic hydroxyl groups is 4. The van der Waals surface area contributed by atoms with Crippen molar-refractivity contribution in [2.75, 3.05) is 0 Å². The maximum atomic E-state index is 11.5. The van der Waals surface area contributed by atoms with Crippen molar-refractivity contribution in [3.05, 3.63) is 46.0 Å². The van der Waals surface area contributed by atoms with E-state index >= 15 is 0 Å². The number of aromatic nitrogens is 8. The molecular formula is C20H18N8Na2O12. The molecule has 2 aliphatic heterocycles. The van der Waals surface area contributed by atoms with Gasteiger partial charge < -0.3 is 59.7 Å². The molecule has 20 nitrogen and oxygen atoms in total. The van der Waals surface area contributed by atoms with Crippen molar-refractivity contribution in [2.24, 2.45) is 0 Å². The average Bonchev–Trinajstić information content (AvgIpc) is 3.67. The van der Waals surface area contributed by atoms with E-state index in [4.69, 9.17) is 9.47 Å². The van der Waals surface area contributed by atoms with Crippen LogP contribution in [0.3, 0.4) is 0 Å². The van der Waals surface area contributed by atoms with Crippen LogP contribution in [0.5, 0.6) is 0 Å². The number of nitrogens with zero attached hydrogens (tertiary/aromatic N) is 6. The predicted octanol–water partition coefficient (Wildman–Crippen LogP) is -13.0. The summed E-state index contributed by atoms with van der Waals surface area (Å²) in [4.78, 5) is 64.6. The molecule has 0 bridgehead atoms. The van der Waals surface area contributed by atoms with Crippen molar-refractivity contribution < 1.29 is 109 Å². The number of hydrogen-bond acceptors (Lipinski definition) is 16. The fourth-order valence-electron chi connectivity index (χ4n) is 4.27. The maximum Gasteiger partial charge on any atom is 1.00 e. The number of rotatable bonds is 4. The Kier molecular flexibility index (Phi) is 10.8. The quantitative estimate of drug-likeness (QED) is 0.117. The molecule has 0 saturated carbocycles. The Balaban J connectivity index is 0.000000220. The summed E-state index contributed by atoms with van der Waals surface area (Å²) in [5.74, 6) is -3.29. The van der Waals surface area contributed by atoms with Crippen molar-refractivity contribution in [3.63, 3.8) is 0 Å². The van der Waals surface area contributed by atoms with Crippen LogP contribution in [0.4, 0.5) is 0 Å². The molecule has 212 valence electrons. The molecule has 22 heteroatoms. The number of aliphatic hydroxyl groups excluding tert-OH is 4. The van der Waals surface area contributed by atoms with E-state index in [2.05, 4.69) is 29.9 Å². The minimum Gasteiger partial charge on any atom is -0.547 e. The fourth-order valence-corrected chi connectivity index (χ4v) is 4.27. The van der Waals surface area contributed by atoms with Crippen LogP contribution in [0.15, 0.2) is 34.9 Å².